The van der Waals surface area contributed by atoms with Crippen LogP contribution in [0.1, 0.15) is 63.2 Å². The highest BCUT2D eigenvalue weighted by Gasteiger charge is 2.31. The molecule has 2 aromatic carbocycles. The quantitative estimate of drug-likeness (QED) is 0.326. The van der Waals surface area contributed by atoms with Crippen molar-refractivity contribution in [2.45, 2.75) is 71.1 Å². The maximum absolute atomic E-state index is 14.4. The molecule has 2 heterocycles. The summed E-state index contributed by atoms with van der Waals surface area (Å²) in [6.45, 7) is 7.63. The molecule has 2 aromatic rings. The number of rotatable bonds is 10. The molecule has 0 fully saturated rings. The minimum Gasteiger partial charge on any atom is -0.490 e. The standard InChI is InChI=1S/C36H53N5O8/c1-24-20-41(25(2)22-42)35(44)29-18-27(37-36(45)38-28-13-15-31-32(19-28)48-23-47-31)12-14-30(29)49-26(3)10-7-8-17-46-33(24)21-40(6)34(43)11-9-16-39(4)5/h12-15,18-19,24-26,33,42H,7-11,16-17,20-23H2,1-6H3,(H2,37,38,45)/t24-,25+,26+,33+/m0/s1. The van der Waals surface area contributed by atoms with Crippen molar-refractivity contribution in [2.75, 3.05) is 71.4 Å². The third-order valence-electron chi connectivity index (χ3n) is 8.82. The summed E-state index contributed by atoms with van der Waals surface area (Å²) in [7, 11) is 5.77. The maximum Gasteiger partial charge on any atom is 0.323 e. The number of ether oxygens (including phenoxy) is 4. The van der Waals surface area contributed by atoms with Crippen molar-refractivity contribution in [2.24, 2.45) is 5.92 Å². The number of carbonyl (C=O) groups excluding carboxylic acids is 3. The summed E-state index contributed by atoms with van der Waals surface area (Å²) in [4.78, 5) is 45.7. The minimum atomic E-state index is -0.523. The van der Waals surface area contributed by atoms with E-state index >= 15 is 0 Å². The Morgan fingerprint density at radius 2 is 1.69 bits per heavy atom. The maximum atomic E-state index is 14.4. The highest BCUT2D eigenvalue weighted by atomic mass is 16.7. The van der Waals surface area contributed by atoms with Gasteiger partial charge in [0, 0.05) is 56.5 Å². The number of likely N-dealkylation sites (N-methyl/N-ethyl adjacent to an activating group) is 1. The summed E-state index contributed by atoms with van der Waals surface area (Å²) in [6.07, 6.45) is 3.13. The van der Waals surface area contributed by atoms with Gasteiger partial charge in [0.25, 0.3) is 5.91 Å². The number of amides is 4. The topological polar surface area (TPSA) is 142 Å². The Morgan fingerprint density at radius 1 is 1.00 bits per heavy atom. The summed E-state index contributed by atoms with van der Waals surface area (Å²) < 4.78 is 23.4. The summed E-state index contributed by atoms with van der Waals surface area (Å²) in [5.74, 6) is 1.08. The van der Waals surface area contributed by atoms with E-state index in [1.165, 1.54) is 0 Å². The number of fused-ring (bicyclic) bond motifs is 2. The van der Waals surface area contributed by atoms with Gasteiger partial charge >= 0.3 is 6.03 Å². The molecular formula is C36H53N5O8. The average Bonchev–Trinajstić information content (AvgIpc) is 3.53. The van der Waals surface area contributed by atoms with Crippen LogP contribution >= 0.6 is 0 Å². The molecule has 13 nitrogen and oxygen atoms in total. The Kier molecular flexibility index (Phi) is 13.9. The molecule has 270 valence electrons. The second-order valence-corrected chi connectivity index (χ2v) is 13.3. The minimum absolute atomic E-state index is 0.0520. The molecule has 4 rings (SSSR count). The van der Waals surface area contributed by atoms with E-state index in [1.807, 2.05) is 27.9 Å². The molecule has 0 saturated carbocycles. The number of aliphatic hydroxyl groups excluding tert-OH is 1. The zero-order chi connectivity index (χ0) is 35.5. The van der Waals surface area contributed by atoms with Crippen molar-refractivity contribution in [3.05, 3.63) is 42.0 Å². The lowest BCUT2D eigenvalue weighted by Crippen LogP contribution is -2.48. The van der Waals surface area contributed by atoms with Crippen LogP contribution in [0, 0.1) is 5.92 Å². The fraction of sp³-hybridized carbons (Fsp3) is 0.583. The summed E-state index contributed by atoms with van der Waals surface area (Å²) in [5, 5.41) is 15.8. The van der Waals surface area contributed by atoms with Gasteiger partial charge in [0.05, 0.1) is 30.4 Å². The van der Waals surface area contributed by atoms with Crippen LogP contribution in [0.2, 0.25) is 0 Å². The molecule has 0 spiro atoms. The van der Waals surface area contributed by atoms with Crippen molar-refractivity contribution >= 4 is 29.2 Å². The number of nitrogens with zero attached hydrogens (tertiary/aromatic N) is 3. The van der Waals surface area contributed by atoms with Crippen LogP contribution in [0.15, 0.2) is 36.4 Å². The largest absolute Gasteiger partial charge is 0.490 e. The molecule has 0 bridgehead atoms. The number of aliphatic hydroxyl groups is 1. The highest BCUT2D eigenvalue weighted by molar-refractivity contribution is 6.02. The molecule has 3 N–H and O–H groups in total. The molecule has 0 aliphatic carbocycles. The Labute approximate surface area is 289 Å². The molecule has 0 radical (unpaired) electrons. The summed E-state index contributed by atoms with van der Waals surface area (Å²) >= 11 is 0. The van der Waals surface area contributed by atoms with Gasteiger partial charge in [0.15, 0.2) is 11.5 Å². The Balaban J connectivity index is 1.55. The number of carbonyl (C=O) groups is 3. The summed E-state index contributed by atoms with van der Waals surface area (Å²) in [5.41, 5.74) is 1.17. The lowest BCUT2D eigenvalue weighted by atomic mass is 10.0. The first kappa shape index (κ1) is 37.7. The van der Waals surface area contributed by atoms with Crippen LogP contribution in [-0.4, -0.2) is 117 Å². The van der Waals surface area contributed by atoms with E-state index in [4.69, 9.17) is 18.9 Å². The molecule has 0 aromatic heterocycles. The number of anilines is 2. The smallest absolute Gasteiger partial charge is 0.323 e. The SMILES string of the molecule is C[C@@H]1CCCCO[C@H](CN(C)C(=O)CCCN(C)C)[C@@H](C)CN([C@H](C)CO)C(=O)c2cc(NC(=O)Nc3ccc4c(c3)OCO4)ccc2O1. The first-order chi connectivity index (χ1) is 23.4. The van der Waals surface area contributed by atoms with Gasteiger partial charge < -0.3 is 49.4 Å². The lowest BCUT2D eigenvalue weighted by molar-refractivity contribution is -0.132. The van der Waals surface area contributed by atoms with E-state index in [0.29, 0.717) is 48.2 Å². The third kappa shape index (κ3) is 11.0. The first-order valence-electron chi connectivity index (χ1n) is 17.2. The molecule has 2 aliphatic rings. The van der Waals surface area contributed by atoms with E-state index in [0.717, 1.165) is 32.2 Å². The fourth-order valence-corrected chi connectivity index (χ4v) is 5.84. The Hall–Kier alpha value is -4.07. The van der Waals surface area contributed by atoms with Crippen molar-refractivity contribution in [1.82, 2.24) is 14.7 Å². The van der Waals surface area contributed by atoms with E-state index in [9.17, 15) is 19.5 Å². The number of hydrogen-bond acceptors (Lipinski definition) is 9. The van der Waals surface area contributed by atoms with Gasteiger partial charge in [0.1, 0.15) is 5.75 Å². The van der Waals surface area contributed by atoms with Gasteiger partial charge in [-0.1, -0.05) is 6.92 Å². The van der Waals surface area contributed by atoms with E-state index in [1.54, 1.807) is 60.2 Å². The molecule has 2 aliphatic heterocycles. The van der Waals surface area contributed by atoms with Crippen LogP contribution in [0.25, 0.3) is 0 Å². The Bertz CT molecular complexity index is 1420. The van der Waals surface area contributed by atoms with Crippen LogP contribution in [0.4, 0.5) is 16.2 Å². The van der Waals surface area contributed by atoms with Crippen molar-refractivity contribution in [3.63, 3.8) is 0 Å². The fourth-order valence-electron chi connectivity index (χ4n) is 5.84. The number of nitrogens with one attached hydrogen (secondary N) is 2. The normalized spacial score (nSPS) is 20.5. The van der Waals surface area contributed by atoms with Crippen LogP contribution < -0.4 is 24.8 Å². The molecular weight excluding hydrogens is 630 g/mol. The zero-order valence-corrected chi connectivity index (χ0v) is 29.7. The van der Waals surface area contributed by atoms with Crippen molar-refractivity contribution < 1.29 is 38.4 Å². The second kappa shape index (κ2) is 18.1. The Morgan fingerprint density at radius 3 is 2.41 bits per heavy atom. The molecule has 0 unspecified atom stereocenters. The van der Waals surface area contributed by atoms with Gasteiger partial charge in [-0.3, -0.25) is 9.59 Å². The molecule has 13 heteroatoms. The number of hydrogen-bond donors (Lipinski definition) is 3. The molecule has 0 saturated heterocycles. The monoisotopic (exact) mass is 683 g/mol. The predicted octanol–water partition coefficient (Wildman–Crippen LogP) is 4.66. The van der Waals surface area contributed by atoms with Gasteiger partial charge in [0.2, 0.25) is 12.7 Å². The van der Waals surface area contributed by atoms with Crippen molar-refractivity contribution in [1.29, 1.82) is 0 Å². The van der Waals surface area contributed by atoms with Gasteiger partial charge in [-0.2, -0.15) is 0 Å². The summed E-state index contributed by atoms with van der Waals surface area (Å²) in [6, 6.07) is 9.07. The van der Waals surface area contributed by atoms with E-state index in [2.05, 4.69) is 15.5 Å². The van der Waals surface area contributed by atoms with E-state index in [-0.39, 0.29) is 55.4 Å². The average molecular weight is 684 g/mol. The first-order valence-corrected chi connectivity index (χ1v) is 17.2. The van der Waals surface area contributed by atoms with Crippen LogP contribution in [0.5, 0.6) is 17.2 Å². The molecule has 4 atom stereocenters. The van der Waals surface area contributed by atoms with Gasteiger partial charge in [-0.25, -0.2) is 4.79 Å². The molecule has 4 amide bonds. The zero-order valence-electron chi connectivity index (χ0n) is 29.7. The lowest BCUT2D eigenvalue weighted by Gasteiger charge is -2.36. The van der Waals surface area contributed by atoms with E-state index < -0.39 is 12.1 Å². The molecule has 49 heavy (non-hydrogen) atoms. The van der Waals surface area contributed by atoms with Crippen molar-refractivity contribution in [3.8, 4) is 17.2 Å². The third-order valence-corrected chi connectivity index (χ3v) is 8.82. The number of urea groups is 1. The predicted molar refractivity (Wildman–Crippen MR) is 188 cm³/mol. The second-order valence-electron chi connectivity index (χ2n) is 13.3. The number of benzene rings is 2. The van der Waals surface area contributed by atoms with Crippen LogP contribution in [-0.2, 0) is 9.53 Å². The van der Waals surface area contributed by atoms with Gasteiger partial charge in [-0.15, -0.1) is 0 Å². The highest BCUT2D eigenvalue weighted by Crippen LogP contribution is 2.34. The van der Waals surface area contributed by atoms with Crippen LogP contribution in [0.3, 0.4) is 0 Å². The van der Waals surface area contributed by atoms with Gasteiger partial charge in [-0.05, 0) is 90.5 Å².